The van der Waals surface area contributed by atoms with Crippen molar-refractivity contribution in [1.29, 1.82) is 0 Å². The maximum absolute atomic E-state index is 13.3. The molecule has 10 heteroatoms. The quantitative estimate of drug-likeness (QED) is 0.652. The molecule has 2 aromatic rings. The minimum Gasteiger partial charge on any atom is -0.452 e. The van der Waals surface area contributed by atoms with Gasteiger partial charge in [0.25, 0.3) is 5.91 Å². The Kier molecular flexibility index (Phi) is 6.91. The van der Waals surface area contributed by atoms with Gasteiger partial charge >= 0.3 is 5.97 Å². The van der Waals surface area contributed by atoms with E-state index in [0.717, 1.165) is 10.4 Å². The zero-order valence-corrected chi connectivity index (χ0v) is 17.7. The molecule has 0 atom stereocenters. The fourth-order valence-corrected chi connectivity index (χ4v) is 3.77. The van der Waals surface area contributed by atoms with E-state index in [1.807, 2.05) is 0 Å². The number of nitrogens with zero attached hydrogens (tertiary/aromatic N) is 1. The van der Waals surface area contributed by atoms with E-state index in [2.05, 4.69) is 21.2 Å². The van der Waals surface area contributed by atoms with Gasteiger partial charge in [0.15, 0.2) is 6.61 Å². The largest absolute Gasteiger partial charge is 0.452 e. The summed E-state index contributed by atoms with van der Waals surface area (Å²) in [4.78, 5) is 24.1. The summed E-state index contributed by atoms with van der Waals surface area (Å²) in [6.45, 7) is 1.02. The van der Waals surface area contributed by atoms with Gasteiger partial charge in [0, 0.05) is 24.3 Å². The van der Waals surface area contributed by atoms with Crippen LogP contribution in [0, 0.1) is 12.7 Å². The smallest absolute Gasteiger partial charge is 0.339 e. The molecule has 0 heterocycles. The third-order valence-corrected chi connectivity index (χ3v) is 6.36. The first-order valence-corrected chi connectivity index (χ1v) is 10.2. The summed E-state index contributed by atoms with van der Waals surface area (Å²) in [6, 6.07) is 7.93. The van der Waals surface area contributed by atoms with Gasteiger partial charge in [-0.15, -0.1) is 0 Å². The van der Waals surface area contributed by atoms with Gasteiger partial charge in [0.2, 0.25) is 10.0 Å². The first kappa shape index (κ1) is 22.0. The summed E-state index contributed by atoms with van der Waals surface area (Å²) in [6.07, 6.45) is 0. The minimum atomic E-state index is -3.68. The second-order valence-electron chi connectivity index (χ2n) is 6.02. The van der Waals surface area contributed by atoms with Crippen LogP contribution in [0.15, 0.2) is 45.8 Å². The fourth-order valence-electron chi connectivity index (χ4n) is 2.21. The molecule has 1 N–H and O–H groups in total. The van der Waals surface area contributed by atoms with Crippen molar-refractivity contribution in [2.45, 2.75) is 11.8 Å². The van der Waals surface area contributed by atoms with E-state index in [0.29, 0.717) is 10.0 Å². The Balaban J connectivity index is 2.08. The lowest BCUT2D eigenvalue weighted by Gasteiger charge is -2.15. The second kappa shape index (κ2) is 8.80. The molecule has 28 heavy (non-hydrogen) atoms. The van der Waals surface area contributed by atoms with Crippen LogP contribution in [0.25, 0.3) is 0 Å². The Labute approximate surface area is 170 Å². The van der Waals surface area contributed by atoms with E-state index in [4.69, 9.17) is 4.74 Å². The van der Waals surface area contributed by atoms with E-state index >= 15 is 0 Å². The van der Waals surface area contributed by atoms with E-state index < -0.39 is 34.3 Å². The van der Waals surface area contributed by atoms with Crippen LogP contribution in [-0.4, -0.2) is 45.3 Å². The number of anilines is 1. The number of sulfonamides is 1. The minimum absolute atomic E-state index is 0.0518. The number of hydrogen-bond donors (Lipinski definition) is 1. The average molecular weight is 473 g/mol. The van der Waals surface area contributed by atoms with Gasteiger partial charge in [-0.25, -0.2) is 21.9 Å². The van der Waals surface area contributed by atoms with Crippen molar-refractivity contribution >= 4 is 43.5 Å². The SMILES string of the molecule is Cc1ccc(NC(=O)COC(=O)c2cc(F)ccc2Br)cc1S(=O)(=O)N(C)C. The van der Waals surface area contributed by atoms with Gasteiger partial charge in [-0.3, -0.25) is 4.79 Å². The predicted molar refractivity (Wildman–Crippen MR) is 105 cm³/mol. The monoisotopic (exact) mass is 472 g/mol. The summed E-state index contributed by atoms with van der Waals surface area (Å²) in [5, 5.41) is 2.47. The molecule has 0 fully saturated rings. The standard InChI is InChI=1S/C18H18BrFN2O5S/c1-11-4-6-13(9-16(11)28(25,26)22(2)3)21-17(23)10-27-18(24)14-8-12(20)5-7-15(14)19/h4-9H,10H2,1-3H3,(H,21,23). The number of halogens is 2. The summed E-state index contributed by atoms with van der Waals surface area (Å²) in [5.74, 6) is -2.16. The summed E-state index contributed by atoms with van der Waals surface area (Å²) in [5.41, 5.74) is 0.704. The molecule has 2 rings (SSSR count). The zero-order valence-electron chi connectivity index (χ0n) is 15.3. The van der Waals surface area contributed by atoms with Crippen LogP contribution in [0.4, 0.5) is 10.1 Å². The van der Waals surface area contributed by atoms with Crippen LogP contribution >= 0.6 is 15.9 Å². The summed E-state index contributed by atoms with van der Waals surface area (Å²) in [7, 11) is -0.867. The van der Waals surface area contributed by atoms with Crippen molar-refractivity contribution in [3.63, 3.8) is 0 Å². The van der Waals surface area contributed by atoms with Crippen molar-refractivity contribution in [2.75, 3.05) is 26.0 Å². The maximum Gasteiger partial charge on any atom is 0.339 e. The van der Waals surface area contributed by atoms with Gasteiger partial charge in [0.1, 0.15) is 5.82 Å². The summed E-state index contributed by atoms with van der Waals surface area (Å²) >= 11 is 3.11. The number of hydrogen-bond acceptors (Lipinski definition) is 5. The van der Waals surface area contributed by atoms with Gasteiger partial charge in [0.05, 0.1) is 10.5 Å². The van der Waals surface area contributed by atoms with Crippen LogP contribution in [0.2, 0.25) is 0 Å². The highest BCUT2D eigenvalue weighted by Crippen LogP contribution is 2.22. The molecule has 0 aliphatic rings. The topological polar surface area (TPSA) is 92.8 Å². The number of carbonyl (C=O) groups excluding carboxylic acids is 2. The number of esters is 1. The number of carbonyl (C=O) groups is 2. The number of nitrogens with one attached hydrogen (secondary N) is 1. The highest BCUT2D eigenvalue weighted by atomic mass is 79.9. The second-order valence-corrected chi connectivity index (χ2v) is 8.99. The van der Waals surface area contributed by atoms with Crippen LogP contribution in [-0.2, 0) is 19.6 Å². The normalized spacial score (nSPS) is 11.4. The number of amides is 1. The number of ether oxygens (including phenoxy) is 1. The van der Waals surface area contributed by atoms with E-state index in [1.54, 1.807) is 13.0 Å². The Morgan fingerprint density at radius 1 is 1.18 bits per heavy atom. The third-order valence-electron chi connectivity index (χ3n) is 3.71. The molecular weight excluding hydrogens is 455 g/mol. The first-order valence-electron chi connectivity index (χ1n) is 7.97. The molecule has 0 aliphatic carbocycles. The zero-order chi connectivity index (χ0) is 21.1. The highest BCUT2D eigenvalue weighted by molar-refractivity contribution is 9.10. The molecule has 0 radical (unpaired) electrons. The molecule has 0 saturated heterocycles. The van der Waals surface area contributed by atoms with E-state index in [9.17, 15) is 22.4 Å². The number of rotatable bonds is 6. The van der Waals surface area contributed by atoms with Crippen molar-refractivity contribution in [1.82, 2.24) is 4.31 Å². The van der Waals surface area contributed by atoms with Gasteiger partial charge in [-0.05, 0) is 58.7 Å². The van der Waals surface area contributed by atoms with Crippen LogP contribution in [0.5, 0.6) is 0 Å². The molecule has 1 amide bonds. The van der Waals surface area contributed by atoms with Crippen LogP contribution in [0.3, 0.4) is 0 Å². The Morgan fingerprint density at radius 3 is 2.50 bits per heavy atom. The van der Waals surface area contributed by atoms with E-state index in [-0.39, 0.29) is 16.1 Å². The highest BCUT2D eigenvalue weighted by Gasteiger charge is 2.21. The van der Waals surface area contributed by atoms with Crippen LogP contribution < -0.4 is 5.32 Å². The van der Waals surface area contributed by atoms with Gasteiger partial charge in [-0.2, -0.15) is 0 Å². The van der Waals surface area contributed by atoms with Crippen LogP contribution in [0.1, 0.15) is 15.9 Å². The molecule has 0 aliphatic heterocycles. The Morgan fingerprint density at radius 2 is 1.86 bits per heavy atom. The molecule has 150 valence electrons. The fraction of sp³-hybridized carbons (Fsp3) is 0.222. The van der Waals surface area contributed by atoms with E-state index in [1.165, 1.54) is 38.4 Å². The number of benzene rings is 2. The lowest BCUT2D eigenvalue weighted by Crippen LogP contribution is -2.24. The van der Waals surface area contributed by atoms with Gasteiger partial charge < -0.3 is 10.1 Å². The Hall–Kier alpha value is -2.30. The lowest BCUT2D eigenvalue weighted by molar-refractivity contribution is -0.119. The maximum atomic E-state index is 13.3. The summed E-state index contributed by atoms with van der Waals surface area (Å²) < 4.78 is 44.2. The van der Waals surface area contributed by atoms with Gasteiger partial charge in [-0.1, -0.05) is 6.07 Å². The molecular formula is C18H18BrFN2O5S. The lowest BCUT2D eigenvalue weighted by atomic mass is 10.2. The average Bonchev–Trinajstić information content (AvgIpc) is 2.63. The molecule has 0 saturated carbocycles. The molecule has 0 unspecified atom stereocenters. The molecule has 0 bridgehead atoms. The molecule has 0 spiro atoms. The Bertz CT molecular complexity index is 1020. The first-order chi connectivity index (χ1) is 13.0. The molecule has 2 aromatic carbocycles. The van der Waals surface area contributed by atoms with Crippen molar-refractivity contribution in [3.05, 3.63) is 57.8 Å². The number of aryl methyl sites for hydroxylation is 1. The van der Waals surface area contributed by atoms with Crippen molar-refractivity contribution in [2.24, 2.45) is 0 Å². The van der Waals surface area contributed by atoms with Crippen molar-refractivity contribution in [3.8, 4) is 0 Å². The predicted octanol–water partition coefficient (Wildman–Crippen LogP) is 2.94. The molecule has 7 nitrogen and oxygen atoms in total. The third kappa shape index (κ3) is 5.15. The van der Waals surface area contributed by atoms with Crippen molar-refractivity contribution < 1.29 is 27.1 Å². The molecule has 0 aromatic heterocycles.